The first-order chi connectivity index (χ1) is 6.74. The third-order valence-corrected chi connectivity index (χ3v) is 4.26. The molecule has 0 aromatic heterocycles. The first-order valence-corrected chi connectivity index (χ1v) is 6.27. The topological polar surface area (TPSA) is 29.1 Å². The highest BCUT2D eigenvalue weighted by atomic mass is 32.2. The van der Waals surface area contributed by atoms with Crippen LogP contribution in [-0.2, 0) is 10.8 Å². The molecule has 0 amide bonds. The van der Waals surface area contributed by atoms with Gasteiger partial charge in [-0.2, -0.15) is 0 Å². The van der Waals surface area contributed by atoms with Gasteiger partial charge in [0, 0.05) is 16.7 Å². The van der Waals surface area contributed by atoms with E-state index >= 15 is 0 Å². The lowest BCUT2D eigenvalue weighted by molar-refractivity contribution is 0.603. The number of rotatable bonds is 2. The smallest absolute Gasteiger partial charge is 0.0554 e. The molecule has 2 rings (SSSR count). The van der Waals surface area contributed by atoms with Gasteiger partial charge in [0.15, 0.2) is 0 Å². The number of hydrogen-bond donors (Lipinski definition) is 1. The van der Waals surface area contributed by atoms with Gasteiger partial charge < -0.3 is 5.32 Å². The highest BCUT2D eigenvalue weighted by Gasteiger charge is 2.28. The first kappa shape index (κ1) is 9.87. The number of nitrogens with one attached hydrogen (secondary N) is 1. The van der Waals surface area contributed by atoms with Crippen LogP contribution in [0.2, 0.25) is 0 Å². The van der Waals surface area contributed by atoms with E-state index in [-0.39, 0.29) is 6.04 Å². The second-order valence-corrected chi connectivity index (χ2v) is 5.05. The van der Waals surface area contributed by atoms with Gasteiger partial charge in [0.1, 0.15) is 0 Å². The predicted octanol–water partition coefficient (Wildman–Crippen LogP) is 1.77. The molecule has 1 N–H and O–H groups in total. The minimum Gasteiger partial charge on any atom is -0.309 e. The van der Waals surface area contributed by atoms with E-state index in [9.17, 15) is 4.21 Å². The zero-order valence-corrected chi connectivity index (χ0v) is 9.36. The summed E-state index contributed by atoms with van der Waals surface area (Å²) < 4.78 is 11.8. The van der Waals surface area contributed by atoms with Crippen molar-refractivity contribution in [3.05, 3.63) is 29.3 Å². The van der Waals surface area contributed by atoms with Crippen LogP contribution in [0.15, 0.2) is 23.1 Å². The van der Waals surface area contributed by atoms with Crippen LogP contribution < -0.4 is 5.32 Å². The van der Waals surface area contributed by atoms with E-state index in [1.807, 2.05) is 19.1 Å². The highest BCUT2D eigenvalue weighted by molar-refractivity contribution is 7.85. The first-order valence-electron chi connectivity index (χ1n) is 4.95. The molecule has 1 heterocycles. The summed E-state index contributed by atoms with van der Waals surface area (Å²) in [6, 6.07) is 6.45. The van der Waals surface area contributed by atoms with Crippen molar-refractivity contribution in [2.75, 3.05) is 12.3 Å². The summed E-state index contributed by atoms with van der Waals surface area (Å²) in [7, 11) is -0.803. The monoisotopic (exact) mass is 209 g/mol. The van der Waals surface area contributed by atoms with Gasteiger partial charge in [0.2, 0.25) is 0 Å². The van der Waals surface area contributed by atoms with Crippen LogP contribution in [-0.4, -0.2) is 16.5 Å². The number of fused-ring (bicyclic) bond motifs is 1. The Morgan fingerprint density at radius 2 is 2.36 bits per heavy atom. The van der Waals surface area contributed by atoms with Crippen LogP contribution in [0.4, 0.5) is 0 Å². The van der Waals surface area contributed by atoms with Gasteiger partial charge in [-0.25, -0.2) is 0 Å². The van der Waals surface area contributed by atoms with Crippen molar-refractivity contribution in [3.8, 4) is 0 Å². The fraction of sp³-hybridized carbons (Fsp3) is 0.455. The molecule has 0 fully saturated rings. The molecule has 1 aromatic rings. The molecule has 1 aliphatic rings. The summed E-state index contributed by atoms with van der Waals surface area (Å²) in [5.74, 6) is 0.730. The van der Waals surface area contributed by atoms with Crippen molar-refractivity contribution >= 4 is 10.8 Å². The summed E-state index contributed by atoms with van der Waals surface area (Å²) in [5.41, 5.74) is 2.38. The third-order valence-electron chi connectivity index (χ3n) is 2.61. The second kappa shape index (κ2) is 3.83. The van der Waals surface area contributed by atoms with E-state index in [2.05, 4.69) is 18.3 Å². The van der Waals surface area contributed by atoms with Crippen molar-refractivity contribution in [1.29, 1.82) is 0 Å². The standard InChI is InChI=1S/C11H15NOS/c1-3-12-10-7-14(13)11-8(2)5-4-6-9(10)11/h4-6,10,12H,3,7H2,1-2H3. The normalized spacial score (nSPS) is 25.0. The lowest BCUT2D eigenvalue weighted by Gasteiger charge is -2.10. The molecule has 2 nitrogen and oxygen atoms in total. The molecule has 0 aliphatic carbocycles. The van der Waals surface area contributed by atoms with Crippen molar-refractivity contribution < 1.29 is 4.21 Å². The fourth-order valence-corrected chi connectivity index (χ4v) is 3.67. The van der Waals surface area contributed by atoms with Gasteiger partial charge in [-0.1, -0.05) is 25.1 Å². The Kier molecular flexibility index (Phi) is 2.70. The van der Waals surface area contributed by atoms with E-state index in [0.717, 1.165) is 22.8 Å². The highest BCUT2D eigenvalue weighted by Crippen LogP contribution is 2.32. The average molecular weight is 209 g/mol. The molecule has 0 saturated carbocycles. The predicted molar refractivity (Wildman–Crippen MR) is 58.9 cm³/mol. The van der Waals surface area contributed by atoms with Gasteiger partial charge in [-0.3, -0.25) is 4.21 Å². The zero-order valence-electron chi connectivity index (χ0n) is 8.54. The Morgan fingerprint density at radius 3 is 3.07 bits per heavy atom. The maximum Gasteiger partial charge on any atom is 0.0554 e. The van der Waals surface area contributed by atoms with E-state index in [4.69, 9.17) is 0 Å². The van der Waals surface area contributed by atoms with Gasteiger partial charge in [-0.05, 0) is 24.6 Å². The maximum absolute atomic E-state index is 11.8. The van der Waals surface area contributed by atoms with Crippen LogP contribution in [0.5, 0.6) is 0 Å². The van der Waals surface area contributed by atoms with E-state index in [1.54, 1.807) is 0 Å². The van der Waals surface area contributed by atoms with E-state index < -0.39 is 10.8 Å². The second-order valence-electron chi connectivity index (χ2n) is 3.62. The molecule has 0 spiro atoms. The van der Waals surface area contributed by atoms with Gasteiger partial charge in [0.05, 0.1) is 10.8 Å². The summed E-state index contributed by atoms with van der Waals surface area (Å²) in [5, 5.41) is 3.37. The number of hydrogen-bond acceptors (Lipinski definition) is 2. The minimum atomic E-state index is -0.803. The lowest BCUT2D eigenvalue weighted by atomic mass is 10.1. The Morgan fingerprint density at radius 1 is 1.57 bits per heavy atom. The molecule has 0 bridgehead atoms. The lowest BCUT2D eigenvalue weighted by Crippen LogP contribution is -2.21. The Labute approximate surface area is 87.2 Å². The van der Waals surface area contributed by atoms with Crippen molar-refractivity contribution in [2.45, 2.75) is 24.8 Å². The Hall–Kier alpha value is -0.670. The summed E-state index contributed by atoms with van der Waals surface area (Å²) in [6.07, 6.45) is 0. The van der Waals surface area contributed by atoms with Gasteiger partial charge in [-0.15, -0.1) is 0 Å². The van der Waals surface area contributed by atoms with Crippen molar-refractivity contribution in [1.82, 2.24) is 5.32 Å². The SMILES string of the molecule is CCNC1CS(=O)c2c(C)cccc21. The number of aryl methyl sites for hydroxylation is 1. The maximum atomic E-state index is 11.8. The molecule has 76 valence electrons. The summed E-state index contributed by atoms with van der Waals surface area (Å²) in [6.45, 7) is 5.04. The average Bonchev–Trinajstić information content (AvgIpc) is 2.46. The van der Waals surface area contributed by atoms with E-state index in [1.165, 1.54) is 5.56 Å². The largest absolute Gasteiger partial charge is 0.309 e. The molecule has 1 aliphatic heterocycles. The van der Waals surface area contributed by atoms with Gasteiger partial charge >= 0.3 is 0 Å². The molecule has 2 unspecified atom stereocenters. The van der Waals surface area contributed by atoms with Crippen LogP contribution in [0.1, 0.15) is 24.1 Å². The minimum absolute atomic E-state index is 0.288. The molecule has 3 heteroatoms. The molecule has 0 radical (unpaired) electrons. The molecular weight excluding hydrogens is 194 g/mol. The van der Waals surface area contributed by atoms with E-state index in [0.29, 0.717) is 0 Å². The third kappa shape index (κ3) is 1.51. The van der Waals surface area contributed by atoms with Crippen LogP contribution in [0.3, 0.4) is 0 Å². The quantitative estimate of drug-likeness (QED) is 0.804. The van der Waals surface area contributed by atoms with Crippen molar-refractivity contribution in [3.63, 3.8) is 0 Å². The summed E-state index contributed by atoms with van der Waals surface area (Å²) in [4.78, 5) is 1.05. The molecular formula is C11H15NOS. The summed E-state index contributed by atoms with van der Waals surface area (Å²) >= 11 is 0. The van der Waals surface area contributed by atoms with Crippen LogP contribution in [0, 0.1) is 6.92 Å². The Bertz CT molecular complexity index is 376. The van der Waals surface area contributed by atoms with Crippen molar-refractivity contribution in [2.24, 2.45) is 0 Å². The number of benzene rings is 1. The molecule has 1 aromatic carbocycles. The Balaban J connectivity index is 2.44. The molecule has 0 saturated heterocycles. The zero-order chi connectivity index (χ0) is 10.1. The fourth-order valence-electron chi connectivity index (χ4n) is 2.00. The van der Waals surface area contributed by atoms with Crippen LogP contribution in [0.25, 0.3) is 0 Å². The van der Waals surface area contributed by atoms with Gasteiger partial charge in [0.25, 0.3) is 0 Å². The molecule has 14 heavy (non-hydrogen) atoms. The molecule has 2 atom stereocenters. The van der Waals surface area contributed by atoms with Crippen LogP contribution >= 0.6 is 0 Å².